The van der Waals surface area contributed by atoms with Gasteiger partial charge in [0.1, 0.15) is 42.3 Å². The van der Waals surface area contributed by atoms with Crippen molar-refractivity contribution in [1.82, 2.24) is 41.8 Å². The van der Waals surface area contributed by atoms with Crippen LogP contribution in [0.3, 0.4) is 0 Å². The van der Waals surface area contributed by atoms with Crippen molar-refractivity contribution in [2.24, 2.45) is 0 Å². The first kappa shape index (κ1) is 41.4. The van der Waals surface area contributed by atoms with Gasteiger partial charge in [0.2, 0.25) is 41.4 Å². The summed E-state index contributed by atoms with van der Waals surface area (Å²) >= 11 is 1.08. The van der Waals surface area contributed by atoms with Gasteiger partial charge in [-0.3, -0.25) is 33.6 Å². The number of aromatic amines is 1. The maximum absolute atomic E-state index is 14.3. The lowest BCUT2D eigenvalue weighted by molar-refractivity contribution is -0.142. The van der Waals surface area contributed by atoms with E-state index in [-0.39, 0.29) is 25.1 Å². The smallest absolute Gasteiger partial charge is 0.246 e. The van der Waals surface area contributed by atoms with E-state index in [9.17, 15) is 54.0 Å². The Bertz CT molecular complexity index is 1840. The van der Waals surface area contributed by atoms with Gasteiger partial charge in [-0.25, -0.2) is 0 Å². The molecule has 1 aromatic heterocycles. The summed E-state index contributed by atoms with van der Waals surface area (Å²) in [5.74, 6) is -6.26. The topological polar surface area (TPSA) is 292 Å². The molecule has 55 heavy (non-hydrogen) atoms. The number of carbonyl (C=O) groups excluding carboxylic acids is 7. The maximum Gasteiger partial charge on any atom is 0.246 e. The molecular formula is C35H48N8O11S. The molecule has 0 saturated carbocycles. The highest BCUT2D eigenvalue weighted by atomic mass is 32.2. The van der Waals surface area contributed by atoms with Gasteiger partial charge < -0.3 is 62.2 Å². The van der Waals surface area contributed by atoms with E-state index in [4.69, 9.17) is 0 Å². The molecule has 300 valence electrons. The average molecular weight is 789 g/mol. The number of H-pyrrole nitrogens is 1. The lowest BCUT2D eigenvalue weighted by atomic mass is 9.96. The summed E-state index contributed by atoms with van der Waals surface area (Å²) in [5, 5.41) is 58.1. The highest BCUT2D eigenvalue weighted by Gasteiger charge is 2.44. The number of para-hydroxylation sites is 1. The number of thioether (sulfide) groups is 1. The van der Waals surface area contributed by atoms with Crippen LogP contribution in [0.15, 0.2) is 29.3 Å². The van der Waals surface area contributed by atoms with Crippen LogP contribution >= 0.6 is 11.8 Å². The van der Waals surface area contributed by atoms with Crippen LogP contribution in [-0.4, -0.2) is 151 Å². The second-order valence-electron chi connectivity index (χ2n) is 14.6. The minimum atomic E-state index is -1.90. The Morgan fingerprint density at radius 1 is 0.855 bits per heavy atom. The summed E-state index contributed by atoms with van der Waals surface area (Å²) in [5.41, 5.74) is -0.741. The Morgan fingerprint density at radius 2 is 1.49 bits per heavy atom. The number of benzene rings is 1. The highest BCUT2D eigenvalue weighted by Crippen LogP contribution is 2.32. The minimum Gasteiger partial charge on any atom is -0.393 e. The van der Waals surface area contributed by atoms with Crippen LogP contribution < -0.4 is 31.9 Å². The molecule has 3 aliphatic rings. The van der Waals surface area contributed by atoms with Gasteiger partial charge in [-0.1, -0.05) is 18.2 Å². The summed E-state index contributed by atoms with van der Waals surface area (Å²) in [4.78, 5) is 101. The van der Waals surface area contributed by atoms with Crippen LogP contribution in [0.2, 0.25) is 0 Å². The van der Waals surface area contributed by atoms with Gasteiger partial charge in [0.25, 0.3) is 0 Å². The molecular weight excluding hydrogens is 740 g/mol. The number of rotatable bonds is 4. The SMILES string of the molecule is CC(O)[C@H]1NC(=O)[C@H](C)NC(=O)[C@H](C[C@](C)(O)CO)NC(=O)[C@@H]2Cc3c([nH]c4ccccc34)SC[C@H](NC1=O)C(=O)N1C[C@@H](O)C[C@H]1C(=O)N[C@@H](C)C(=O)N2. The lowest BCUT2D eigenvalue weighted by Gasteiger charge is -2.31. The molecule has 19 nitrogen and oxygen atoms in total. The average Bonchev–Trinajstić information content (AvgIpc) is 3.69. The van der Waals surface area contributed by atoms with Crippen LogP contribution in [0.4, 0.5) is 0 Å². The molecule has 3 aliphatic heterocycles. The molecule has 0 radical (unpaired) electrons. The predicted molar refractivity (Wildman–Crippen MR) is 196 cm³/mol. The summed E-state index contributed by atoms with van der Waals surface area (Å²) in [6.07, 6.45) is -3.53. The molecule has 0 spiro atoms. The van der Waals surface area contributed by atoms with E-state index in [2.05, 4.69) is 36.9 Å². The van der Waals surface area contributed by atoms with Crippen molar-refractivity contribution in [3.05, 3.63) is 29.8 Å². The first-order chi connectivity index (χ1) is 25.9. The summed E-state index contributed by atoms with van der Waals surface area (Å²) < 4.78 is 0. The van der Waals surface area contributed by atoms with Crippen molar-refractivity contribution >= 4 is 64.0 Å². The molecule has 7 amide bonds. The molecule has 4 heterocycles. The number of aliphatic hydroxyl groups excluding tert-OH is 3. The highest BCUT2D eigenvalue weighted by molar-refractivity contribution is 7.99. The molecule has 0 aliphatic carbocycles. The van der Waals surface area contributed by atoms with E-state index in [0.29, 0.717) is 21.5 Å². The second-order valence-corrected chi connectivity index (χ2v) is 15.6. The van der Waals surface area contributed by atoms with Crippen molar-refractivity contribution in [3.8, 4) is 0 Å². The molecule has 5 rings (SSSR count). The van der Waals surface area contributed by atoms with Crippen molar-refractivity contribution in [2.45, 2.75) is 112 Å². The van der Waals surface area contributed by atoms with Gasteiger partial charge in [0.15, 0.2) is 0 Å². The van der Waals surface area contributed by atoms with Crippen molar-refractivity contribution in [2.75, 3.05) is 18.9 Å². The number of aromatic nitrogens is 1. The quantitative estimate of drug-likeness (QED) is 0.143. The largest absolute Gasteiger partial charge is 0.393 e. The van der Waals surface area contributed by atoms with E-state index < -0.39 is 114 Å². The summed E-state index contributed by atoms with van der Waals surface area (Å²) in [6, 6.07) is -2.86. The molecule has 2 aromatic rings. The predicted octanol–water partition coefficient (Wildman–Crippen LogP) is -3.75. The third-order valence-corrected chi connectivity index (χ3v) is 11.0. The normalized spacial score (nSPS) is 30.8. The van der Waals surface area contributed by atoms with E-state index in [1.165, 1.54) is 27.7 Å². The van der Waals surface area contributed by atoms with Gasteiger partial charge in [-0.15, -0.1) is 11.8 Å². The van der Waals surface area contributed by atoms with Gasteiger partial charge >= 0.3 is 0 Å². The van der Waals surface area contributed by atoms with Crippen LogP contribution in [0.5, 0.6) is 0 Å². The molecule has 20 heteroatoms. The van der Waals surface area contributed by atoms with Crippen molar-refractivity contribution < 1.29 is 54.0 Å². The first-order valence-corrected chi connectivity index (χ1v) is 18.9. The molecule has 1 aromatic carbocycles. The minimum absolute atomic E-state index is 0.170. The number of carbonyl (C=O) groups is 7. The van der Waals surface area contributed by atoms with E-state index >= 15 is 0 Å². The summed E-state index contributed by atoms with van der Waals surface area (Å²) in [6.45, 7) is 4.02. The summed E-state index contributed by atoms with van der Waals surface area (Å²) in [7, 11) is 0. The maximum atomic E-state index is 14.3. The first-order valence-electron chi connectivity index (χ1n) is 17.9. The van der Waals surface area contributed by atoms with Crippen molar-refractivity contribution in [3.63, 3.8) is 0 Å². The monoisotopic (exact) mass is 788 g/mol. The van der Waals surface area contributed by atoms with Gasteiger partial charge in [0, 0.05) is 42.5 Å². The number of hydrogen-bond acceptors (Lipinski definition) is 12. The molecule has 11 N–H and O–H groups in total. The third-order valence-electron chi connectivity index (χ3n) is 9.87. The number of nitrogens with one attached hydrogen (secondary N) is 7. The molecule has 1 fully saturated rings. The fourth-order valence-electron chi connectivity index (χ4n) is 6.74. The molecule has 1 unspecified atom stereocenters. The molecule has 2 bridgehead atoms. The molecule has 1 saturated heterocycles. The second kappa shape index (κ2) is 16.9. The Balaban J connectivity index is 1.69. The standard InChI is InChI=1S/C35H48N8O11S/c1-15-27(47)38-22-10-20-19-7-5-6-8-21(19)41-33(20)55-13-24(34(53)43-12-18(46)9-25(43)31(51)37-15)40-32(52)26(17(3)45)42-28(48)16(2)36-30(50)23(39-29(22)49)11-35(4,54)14-44/h5-8,15-18,22-26,41,44-46,54H,9-14H2,1-4H3,(H,36,50)(H,37,51)(H,38,47)(H,39,49)(H,40,52)(H,42,48)/t15-,16-,17?,18-,22-,23-,24-,25-,26+,35-/m0/s1. The Labute approximate surface area is 320 Å². The zero-order chi connectivity index (χ0) is 40.4. The number of fused-ring (bicyclic) bond motifs is 5. The fourth-order valence-corrected chi connectivity index (χ4v) is 7.85. The zero-order valence-electron chi connectivity index (χ0n) is 30.8. The van der Waals surface area contributed by atoms with Gasteiger partial charge in [-0.2, -0.15) is 0 Å². The van der Waals surface area contributed by atoms with Crippen LogP contribution in [0.1, 0.15) is 46.1 Å². The number of amides is 7. The fraction of sp³-hybridized carbons (Fsp3) is 0.571. The van der Waals surface area contributed by atoms with Crippen LogP contribution in [0, 0.1) is 0 Å². The van der Waals surface area contributed by atoms with Gasteiger partial charge in [-0.05, 0) is 39.3 Å². The third kappa shape index (κ3) is 9.55. The number of aliphatic hydroxyl groups is 4. The van der Waals surface area contributed by atoms with Gasteiger partial charge in [0.05, 0.1) is 29.4 Å². The van der Waals surface area contributed by atoms with E-state index in [0.717, 1.165) is 16.7 Å². The van der Waals surface area contributed by atoms with E-state index in [1.54, 1.807) is 24.3 Å². The van der Waals surface area contributed by atoms with Crippen LogP contribution in [-0.2, 0) is 40.0 Å². The Kier molecular flexibility index (Phi) is 12.8. The zero-order valence-corrected chi connectivity index (χ0v) is 31.6. The van der Waals surface area contributed by atoms with Crippen molar-refractivity contribution in [1.29, 1.82) is 0 Å². The van der Waals surface area contributed by atoms with Crippen LogP contribution in [0.25, 0.3) is 10.9 Å². The Hall–Kier alpha value is -4.76. The van der Waals surface area contributed by atoms with E-state index in [1.807, 2.05) is 0 Å². The number of nitrogens with zero attached hydrogens (tertiary/aromatic N) is 1. The number of hydrogen-bond donors (Lipinski definition) is 11. The molecule has 10 atom stereocenters. The lowest BCUT2D eigenvalue weighted by Crippen LogP contribution is -2.61. The Morgan fingerprint density at radius 3 is 2.16 bits per heavy atom.